The molecule has 2 N–H and O–H groups in total. The summed E-state index contributed by atoms with van der Waals surface area (Å²) in [5.41, 5.74) is 0.344. The lowest BCUT2D eigenvalue weighted by Gasteiger charge is -2.31. The molecule has 1 fully saturated rings. The van der Waals surface area contributed by atoms with E-state index in [9.17, 15) is 28.3 Å². The molecule has 158 valence electrons. The molecule has 1 unspecified atom stereocenters. The summed E-state index contributed by atoms with van der Waals surface area (Å²) in [6.45, 7) is 0. The normalized spacial score (nSPS) is 19.7. The van der Waals surface area contributed by atoms with Crippen molar-refractivity contribution in [2.45, 2.75) is 31.7 Å². The standard InChI is InChI=1S/C22H20BrF2NO4/c23-14-8-5-12(6-9-14)19(20(27)15-3-1-2-4-16(15)22(29)30)26-21(28)13-7-10-17(24)18(25)11-13/h5-11,15-16,19H,1-4H2,(H,26,28)(H,29,30)/t15-,16-,19?/m1/s1. The second-order valence-electron chi connectivity index (χ2n) is 7.32. The number of benzene rings is 2. The smallest absolute Gasteiger partial charge is 0.307 e. The van der Waals surface area contributed by atoms with Gasteiger partial charge in [0.05, 0.1) is 5.92 Å². The Balaban J connectivity index is 1.92. The summed E-state index contributed by atoms with van der Waals surface area (Å²) in [4.78, 5) is 37.7. The summed E-state index contributed by atoms with van der Waals surface area (Å²) in [6.07, 6.45) is 2.27. The van der Waals surface area contributed by atoms with Gasteiger partial charge in [-0.05, 0) is 48.7 Å². The Kier molecular flexibility index (Phi) is 6.97. The van der Waals surface area contributed by atoms with Gasteiger partial charge in [-0.25, -0.2) is 8.78 Å². The SMILES string of the molecule is O=C(NC(C(=O)[C@@H]1CCCC[C@H]1C(=O)O)c1ccc(Br)cc1)c1ccc(F)c(F)c1. The Hall–Kier alpha value is -2.61. The maximum Gasteiger partial charge on any atom is 0.307 e. The van der Waals surface area contributed by atoms with Crippen molar-refractivity contribution in [3.8, 4) is 0 Å². The minimum absolute atomic E-state index is 0.137. The second-order valence-corrected chi connectivity index (χ2v) is 8.24. The van der Waals surface area contributed by atoms with Crippen LogP contribution >= 0.6 is 15.9 Å². The molecule has 5 nitrogen and oxygen atoms in total. The molecule has 30 heavy (non-hydrogen) atoms. The van der Waals surface area contributed by atoms with Crippen molar-refractivity contribution in [2.24, 2.45) is 11.8 Å². The fourth-order valence-electron chi connectivity index (χ4n) is 3.81. The Morgan fingerprint density at radius 3 is 2.20 bits per heavy atom. The number of Topliss-reactive ketones (excluding diaryl/α,β-unsaturated/α-hetero) is 1. The zero-order chi connectivity index (χ0) is 21.8. The molecule has 1 aliphatic carbocycles. The van der Waals surface area contributed by atoms with Crippen LogP contribution in [-0.2, 0) is 9.59 Å². The first kappa shape index (κ1) is 22.1. The number of carboxylic acid groups (broad SMARTS) is 1. The lowest BCUT2D eigenvalue weighted by molar-refractivity contribution is -0.148. The molecule has 0 bridgehead atoms. The van der Waals surface area contributed by atoms with Crippen molar-refractivity contribution in [3.63, 3.8) is 0 Å². The average Bonchev–Trinajstić information content (AvgIpc) is 2.74. The van der Waals surface area contributed by atoms with Gasteiger partial charge in [-0.15, -0.1) is 0 Å². The maximum absolute atomic E-state index is 13.5. The van der Waals surface area contributed by atoms with Crippen LogP contribution in [0.1, 0.15) is 47.6 Å². The Morgan fingerprint density at radius 2 is 1.60 bits per heavy atom. The van der Waals surface area contributed by atoms with E-state index in [4.69, 9.17) is 0 Å². The number of carbonyl (C=O) groups is 3. The van der Waals surface area contributed by atoms with Crippen LogP contribution in [0.3, 0.4) is 0 Å². The fourth-order valence-corrected chi connectivity index (χ4v) is 4.07. The largest absolute Gasteiger partial charge is 0.481 e. The summed E-state index contributed by atoms with van der Waals surface area (Å²) in [5, 5.41) is 12.1. The molecule has 8 heteroatoms. The monoisotopic (exact) mass is 479 g/mol. The zero-order valence-electron chi connectivity index (χ0n) is 15.9. The van der Waals surface area contributed by atoms with Crippen molar-refractivity contribution in [1.29, 1.82) is 0 Å². The Morgan fingerprint density at radius 1 is 0.967 bits per heavy atom. The molecule has 3 atom stereocenters. The first-order valence-electron chi connectivity index (χ1n) is 9.56. The van der Waals surface area contributed by atoms with E-state index in [-0.39, 0.29) is 5.56 Å². The summed E-state index contributed by atoms with van der Waals surface area (Å²) in [6, 6.07) is 8.31. The highest BCUT2D eigenvalue weighted by Crippen LogP contribution is 2.34. The molecule has 3 rings (SSSR count). The molecule has 0 heterocycles. The van der Waals surface area contributed by atoms with E-state index in [2.05, 4.69) is 21.2 Å². The van der Waals surface area contributed by atoms with Crippen LogP contribution in [0.2, 0.25) is 0 Å². The number of rotatable bonds is 6. The van der Waals surface area contributed by atoms with Gasteiger partial charge < -0.3 is 10.4 Å². The Labute approximate surface area is 180 Å². The number of amides is 1. The average molecular weight is 480 g/mol. The molecule has 0 saturated heterocycles. The van der Waals surface area contributed by atoms with E-state index >= 15 is 0 Å². The van der Waals surface area contributed by atoms with E-state index < -0.39 is 47.2 Å². The van der Waals surface area contributed by atoms with Gasteiger partial charge in [-0.3, -0.25) is 14.4 Å². The van der Waals surface area contributed by atoms with Crippen LogP contribution in [0.4, 0.5) is 8.78 Å². The highest BCUT2D eigenvalue weighted by atomic mass is 79.9. The molecule has 1 amide bonds. The predicted octanol–water partition coefficient (Wildman–Crippen LogP) is 4.66. The molecule has 2 aromatic rings. The van der Waals surface area contributed by atoms with Crippen molar-refractivity contribution in [3.05, 3.63) is 69.7 Å². The highest BCUT2D eigenvalue weighted by molar-refractivity contribution is 9.10. The predicted molar refractivity (Wildman–Crippen MR) is 109 cm³/mol. The van der Waals surface area contributed by atoms with E-state index in [1.807, 2.05) is 0 Å². The van der Waals surface area contributed by atoms with Gasteiger partial charge in [-0.1, -0.05) is 40.9 Å². The van der Waals surface area contributed by atoms with Gasteiger partial charge >= 0.3 is 5.97 Å². The summed E-state index contributed by atoms with van der Waals surface area (Å²) < 4.78 is 27.5. The number of nitrogens with one attached hydrogen (secondary N) is 1. The van der Waals surface area contributed by atoms with Crippen LogP contribution < -0.4 is 5.32 Å². The molecule has 0 aromatic heterocycles. The maximum atomic E-state index is 13.5. The molecule has 0 spiro atoms. The third kappa shape index (κ3) is 4.92. The van der Waals surface area contributed by atoms with Gasteiger partial charge in [0, 0.05) is 16.0 Å². The Bertz CT molecular complexity index is 964. The van der Waals surface area contributed by atoms with Gasteiger partial charge in [0.25, 0.3) is 5.91 Å². The van der Waals surface area contributed by atoms with Crippen LogP contribution in [0, 0.1) is 23.5 Å². The van der Waals surface area contributed by atoms with Crippen LogP contribution in [0.15, 0.2) is 46.9 Å². The molecule has 1 aliphatic rings. The number of carbonyl (C=O) groups excluding carboxylic acids is 2. The van der Waals surface area contributed by atoms with Crippen molar-refractivity contribution in [2.75, 3.05) is 0 Å². The molecular weight excluding hydrogens is 460 g/mol. The quantitative estimate of drug-likeness (QED) is 0.630. The van der Waals surface area contributed by atoms with Crippen molar-refractivity contribution < 1.29 is 28.3 Å². The summed E-state index contributed by atoms with van der Waals surface area (Å²) in [7, 11) is 0. The van der Waals surface area contributed by atoms with E-state index in [0.717, 1.165) is 35.5 Å². The zero-order valence-corrected chi connectivity index (χ0v) is 17.5. The van der Waals surface area contributed by atoms with Crippen molar-refractivity contribution in [1.82, 2.24) is 5.32 Å². The first-order chi connectivity index (χ1) is 14.3. The second kappa shape index (κ2) is 9.47. The number of carboxylic acids is 1. The van der Waals surface area contributed by atoms with Gasteiger partial charge in [0.1, 0.15) is 6.04 Å². The highest BCUT2D eigenvalue weighted by Gasteiger charge is 2.39. The molecule has 0 radical (unpaired) electrons. The number of halogens is 3. The molecular formula is C22H20BrF2NO4. The third-order valence-electron chi connectivity index (χ3n) is 5.39. The minimum Gasteiger partial charge on any atom is -0.481 e. The molecule has 0 aliphatic heterocycles. The number of ketones is 1. The lowest BCUT2D eigenvalue weighted by atomic mass is 9.74. The van der Waals surface area contributed by atoms with Gasteiger partial charge in [0.2, 0.25) is 0 Å². The van der Waals surface area contributed by atoms with E-state index in [0.29, 0.717) is 18.4 Å². The van der Waals surface area contributed by atoms with E-state index in [1.54, 1.807) is 24.3 Å². The first-order valence-corrected chi connectivity index (χ1v) is 10.3. The van der Waals surface area contributed by atoms with Crippen LogP contribution in [0.5, 0.6) is 0 Å². The van der Waals surface area contributed by atoms with Gasteiger partial charge in [0.15, 0.2) is 17.4 Å². The topological polar surface area (TPSA) is 83.5 Å². The lowest BCUT2D eigenvalue weighted by Crippen LogP contribution is -2.41. The summed E-state index contributed by atoms with van der Waals surface area (Å²) >= 11 is 3.31. The van der Waals surface area contributed by atoms with E-state index in [1.165, 1.54) is 0 Å². The third-order valence-corrected chi connectivity index (χ3v) is 5.92. The van der Waals surface area contributed by atoms with Gasteiger partial charge in [-0.2, -0.15) is 0 Å². The van der Waals surface area contributed by atoms with Crippen molar-refractivity contribution >= 4 is 33.6 Å². The number of aliphatic carboxylic acids is 1. The minimum atomic E-state index is -1.17. The van der Waals surface area contributed by atoms with Crippen LogP contribution in [0.25, 0.3) is 0 Å². The number of hydrogen-bond donors (Lipinski definition) is 2. The molecule has 1 saturated carbocycles. The summed E-state index contributed by atoms with van der Waals surface area (Å²) in [5.74, 6) is -6.00. The van der Waals surface area contributed by atoms with Crippen LogP contribution in [-0.4, -0.2) is 22.8 Å². The number of hydrogen-bond acceptors (Lipinski definition) is 3. The molecule has 2 aromatic carbocycles. The fraction of sp³-hybridized carbons (Fsp3) is 0.318.